The van der Waals surface area contributed by atoms with E-state index in [9.17, 15) is 62.9 Å². The molecule has 3 aliphatic heterocycles. The standard InChI is InChI=1S/C55H59F2N11O13S/c1-4-8-40(65-49(75)41(10-7-20-60-52(59)67(2)3)64-47(73)30-21-35(79-28-30)27-62-45(71)17-18-46(72)68-29-54(56,57)25-32(68)26-58)48(74)66-42(50(76)77)9-5-6-19-61-53(82)63-31-11-14-37-36(22-31)51(78)81-55(37)38-15-12-33(69)23-43(38)80-44-24-34(70)13-16-39(44)55/h1,11-16,21-24,28,32,40-42,69-70H,5-10,17-20,25,27,29H2,2-3H3,(H2,59,60)(H,62,71)(H,64,73)(H,65,75)(H,66,74)(H,76,77)(H2,61,63,82)/p+1/t32-,40-,41-,42-/m0/s1. The van der Waals surface area contributed by atoms with Crippen LogP contribution in [0.3, 0.4) is 0 Å². The van der Waals surface area contributed by atoms with Crippen LogP contribution >= 0.6 is 12.2 Å². The molecule has 1 saturated heterocycles. The Hall–Kier alpha value is -9.34. The molecule has 24 nitrogen and oxygen atoms in total. The number of nitrogens with two attached hydrogens (primary N) is 2. The van der Waals surface area contributed by atoms with E-state index >= 15 is 0 Å². The predicted octanol–water partition coefficient (Wildman–Crippen LogP) is 2.38. The Bertz CT molecular complexity index is 3210. The van der Waals surface area contributed by atoms with E-state index in [-0.39, 0.29) is 91.0 Å². The second-order valence-corrected chi connectivity index (χ2v) is 20.2. The van der Waals surface area contributed by atoms with Crippen molar-refractivity contribution in [3.63, 3.8) is 0 Å². The van der Waals surface area contributed by atoms with Crippen LogP contribution in [0.25, 0.3) is 0 Å². The highest BCUT2D eigenvalue weighted by atomic mass is 32.1. The number of phenolic OH excluding ortho intramolecular Hbond substituents is 2. The summed E-state index contributed by atoms with van der Waals surface area (Å²) in [6, 6.07) is 11.5. The number of likely N-dealkylation sites (tertiary alicyclic amines) is 1. The molecule has 0 bridgehead atoms. The van der Waals surface area contributed by atoms with Crippen LogP contribution in [0.4, 0.5) is 14.5 Å². The maximum atomic E-state index is 13.9. The van der Waals surface area contributed by atoms with Crippen molar-refractivity contribution in [2.45, 2.75) is 100 Å². The second-order valence-electron chi connectivity index (χ2n) is 19.7. The lowest BCUT2D eigenvalue weighted by Crippen LogP contribution is -2.89. The minimum atomic E-state index is -3.21. The highest BCUT2D eigenvalue weighted by molar-refractivity contribution is 7.80. The molecule has 7 rings (SSSR count). The maximum Gasteiger partial charge on any atom is 0.340 e. The van der Waals surface area contributed by atoms with Gasteiger partial charge in [0.2, 0.25) is 23.6 Å². The SMILES string of the molecule is C#CC[C@H](NC(=O)[C@H](CCCN=C(N)N(C)C)NC(=O)c1coc(CNC(=O)CCC(=O)N2CC(F)(F)C[C@H]2C#N)c1)C(=O)N[C@@H](CCCC[NH2+]C(=S)Nc1ccc2c(c1)C(=O)OC21c2ccc(O)cc2Oc2cc(O)ccc21)C(=O)O. The summed E-state index contributed by atoms with van der Waals surface area (Å²) in [5.41, 5.74) is 6.55. The highest BCUT2D eigenvalue weighted by Gasteiger charge is 2.54. The number of terminal acetylenes is 1. The lowest BCUT2D eigenvalue weighted by Gasteiger charge is -2.36. The van der Waals surface area contributed by atoms with Crippen molar-refractivity contribution in [3.05, 3.63) is 101 Å². The lowest BCUT2D eigenvalue weighted by atomic mass is 9.77. The number of carboxylic acid groups (broad SMARTS) is 1. The van der Waals surface area contributed by atoms with Crippen molar-refractivity contribution in [3.8, 4) is 41.4 Å². The van der Waals surface area contributed by atoms with Gasteiger partial charge in [-0.25, -0.2) is 18.4 Å². The number of nitrogens with one attached hydrogen (secondary N) is 5. The summed E-state index contributed by atoms with van der Waals surface area (Å²) in [6.45, 7) is -0.622. The Labute approximate surface area is 473 Å². The number of carbonyl (C=O) groups is 7. The molecule has 27 heteroatoms. The summed E-state index contributed by atoms with van der Waals surface area (Å²) in [5.74, 6) is -6.21. The van der Waals surface area contributed by atoms with Crippen LogP contribution in [-0.2, 0) is 40.9 Å². The molecular weight excluding hydrogens is 1090 g/mol. The van der Waals surface area contributed by atoms with Gasteiger partial charge in [0.05, 0.1) is 36.8 Å². The van der Waals surface area contributed by atoms with E-state index in [2.05, 4.69) is 37.5 Å². The number of halogens is 2. The smallest absolute Gasteiger partial charge is 0.340 e. The number of amides is 5. The maximum absolute atomic E-state index is 13.9. The normalized spacial score (nSPS) is 16.3. The number of carbonyl (C=O) groups excluding carboxylic acids is 6. The van der Waals surface area contributed by atoms with E-state index in [1.807, 2.05) is 0 Å². The van der Waals surface area contributed by atoms with Crippen LogP contribution in [0, 0.1) is 23.7 Å². The molecular formula is C55H60F2N11O13S+. The predicted molar refractivity (Wildman–Crippen MR) is 291 cm³/mol. The third-order valence-electron chi connectivity index (χ3n) is 13.6. The van der Waals surface area contributed by atoms with Gasteiger partial charge in [0.15, 0.2) is 11.6 Å². The molecule has 3 aromatic carbocycles. The van der Waals surface area contributed by atoms with Gasteiger partial charge in [0.1, 0.15) is 59.2 Å². The molecule has 1 aromatic heterocycles. The average Bonchev–Trinajstić information content (AvgIpc) is 2.13. The number of nitrogens with zero attached hydrogens (tertiary/aromatic N) is 4. The zero-order chi connectivity index (χ0) is 59.5. The molecule has 0 saturated carbocycles. The first-order valence-electron chi connectivity index (χ1n) is 25.9. The first kappa shape index (κ1) is 60.3. The van der Waals surface area contributed by atoms with Crippen LogP contribution in [0.1, 0.15) is 101 Å². The summed E-state index contributed by atoms with van der Waals surface area (Å²) in [6.07, 6.45) is 5.63. The Balaban J connectivity index is 0.897. The molecule has 82 heavy (non-hydrogen) atoms. The summed E-state index contributed by atoms with van der Waals surface area (Å²) in [4.78, 5) is 98.6. The minimum absolute atomic E-state index is 0.0193. The number of ether oxygens (including phenoxy) is 2. The van der Waals surface area contributed by atoms with Gasteiger partial charge in [0, 0.05) is 93.1 Å². The average molecular weight is 1150 g/mol. The fraction of sp³-hybridized carbons (Fsp3) is 0.382. The lowest BCUT2D eigenvalue weighted by molar-refractivity contribution is -0.536. The second kappa shape index (κ2) is 26.3. The van der Waals surface area contributed by atoms with E-state index < -0.39 is 96.6 Å². The molecule has 1 spiro atoms. The zero-order valence-electron chi connectivity index (χ0n) is 44.5. The van der Waals surface area contributed by atoms with Crippen molar-refractivity contribution in [2.75, 3.05) is 39.0 Å². The Kier molecular flexibility index (Phi) is 19.3. The number of rotatable bonds is 23. The first-order chi connectivity index (χ1) is 39.0. The van der Waals surface area contributed by atoms with Gasteiger partial charge >= 0.3 is 11.9 Å². The first-order valence-corrected chi connectivity index (χ1v) is 26.3. The van der Waals surface area contributed by atoms with Gasteiger partial charge in [-0.1, -0.05) is 6.07 Å². The number of benzene rings is 3. The molecule has 5 amide bonds. The molecule has 0 radical (unpaired) electrons. The molecule has 4 atom stereocenters. The number of quaternary nitrogens is 1. The Morgan fingerprint density at radius 1 is 0.927 bits per heavy atom. The number of hydrogen-bond donors (Lipinski definition) is 10. The van der Waals surface area contributed by atoms with Gasteiger partial charge in [0.25, 0.3) is 16.9 Å². The number of unbranched alkanes of at least 4 members (excludes halogenated alkanes) is 1. The number of aliphatic carboxylic acids is 1. The number of fused-ring (bicyclic) bond motifs is 6. The molecule has 3 aliphatic rings. The van der Waals surface area contributed by atoms with E-state index in [0.717, 1.165) is 11.2 Å². The number of esters is 1. The van der Waals surface area contributed by atoms with Crippen molar-refractivity contribution in [2.24, 2.45) is 10.7 Å². The Morgan fingerprint density at radius 3 is 2.24 bits per heavy atom. The van der Waals surface area contributed by atoms with Crippen LogP contribution in [0.5, 0.6) is 23.0 Å². The molecule has 0 unspecified atom stereocenters. The summed E-state index contributed by atoms with van der Waals surface area (Å²) >= 11 is 5.57. The number of phenols is 2. The molecule has 432 valence electrons. The van der Waals surface area contributed by atoms with Crippen molar-refractivity contribution >= 4 is 70.5 Å². The number of aliphatic imine (C=N–C) groups is 1. The van der Waals surface area contributed by atoms with Gasteiger partial charge in [-0.15, -0.1) is 12.3 Å². The molecule has 1 fully saturated rings. The van der Waals surface area contributed by atoms with Gasteiger partial charge in [-0.3, -0.25) is 34.3 Å². The van der Waals surface area contributed by atoms with Crippen LogP contribution in [0.2, 0.25) is 0 Å². The van der Waals surface area contributed by atoms with E-state index in [0.29, 0.717) is 46.9 Å². The van der Waals surface area contributed by atoms with E-state index in [4.69, 9.17) is 38.3 Å². The largest absolute Gasteiger partial charge is 0.508 e. The summed E-state index contributed by atoms with van der Waals surface area (Å²) in [5, 5.41) is 54.9. The summed E-state index contributed by atoms with van der Waals surface area (Å²) < 4.78 is 45.2. The number of hydrogen-bond acceptors (Lipinski definition) is 15. The quantitative estimate of drug-likeness (QED) is 0.0127. The zero-order valence-corrected chi connectivity index (χ0v) is 45.3. The fourth-order valence-corrected chi connectivity index (χ4v) is 9.63. The molecule has 12 N–H and O–H groups in total. The monoisotopic (exact) mass is 1150 g/mol. The summed E-state index contributed by atoms with van der Waals surface area (Å²) in [7, 11) is 3.36. The van der Waals surface area contributed by atoms with Crippen molar-refractivity contribution < 1.29 is 76.9 Å². The fourth-order valence-electron chi connectivity index (χ4n) is 9.40. The number of alkyl halides is 2. The number of carboxylic acids is 1. The van der Waals surface area contributed by atoms with Crippen molar-refractivity contribution in [1.29, 1.82) is 5.26 Å². The minimum Gasteiger partial charge on any atom is -0.508 e. The van der Waals surface area contributed by atoms with Crippen LogP contribution < -0.4 is 42.4 Å². The number of nitriles is 1. The number of guanidine groups is 1. The van der Waals surface area contributed by atoms with Gasteiger partial charge in [-0.05, 0) is 74.6 Å². The van der Waals surface area contributed by atoms with Crippen LogP contribution in [-0.4, -0.2) is 141 Å². The number of furan rings is 1. The number of anilines is 1. The third-order valence-corrected chi connectivity index (χ3v) is 13.8. The molecule has 0 aliphatic carbocycles. The highest BCUT2D eigenvalue weighted by Crippen LogP contribution is 2.57. The van der Waals surface area contributed by atoms with Gasteiger partial charge in [-0.2, -0.15) is 5.26 Å². The topological polar surface area (TPSA) is 357 Å². The number of thiocarbonyl (C=S) groups is 1. The molecule has 4 heterocycles. The third kappa shape index (κ3) is 14.5. The molecule has 4 aromatic rings. The van der Waals surface area contributed by atoms with E-state index in [1.165, 1.54) is 30.3 Å². The van der Waals surface area contributed by atoms with E-state index in [1.54, 1.807) is 60.7 Å². The Morgan fingerprint density at radius 2 is 1.59 bits per heavy atom. The number of aromatic hydroxyl groups is 2. The van der Waals surface area contributed by atoms with Gasteiger partial charge < -0.3 is 71.3 Å². The van der Waals surface area contributed by atoms with Crippen molar-refractivity contribution in [1.82, 2.24) is 31.1 Å². The van der Waals surface area contributed by atoms with Crippen LogP contribution in [0.15, 0.2) is 76.3 Å².